The van der Waals surface area contributed by atoms with Crippen LogP contribution in [0.1, 0.15) is 11.1 Å². The molecule has 0 spiro atoms. The fourth-order valence-corrected chi connectivity index (χ4v) is 2.05. The number of methoxy groups -OCH3 is 1. The second kappa shape index (κ2) is 9.22. The van der Waals surface area contributed by atoms with E-state index < -0.39 is 24.3 Å². The van der Waals surface area contributed by atoms with Crippen molar-refractivity contribution in [3.05, 3.63) is 71.6 Å². The van der Waals surface area contributed by atoms with Crippen LogP contribution in [0, 0.1) is 5.82 Å². The molecule has 0 saturated carbocycles. The van der Waals surface area contributed by atoms with Crippen LogP contribution in [0.3, 0.4) is 0 Å². The molecule has 0 heterocycles. The van der Waals surface area contributed by atoms with Crippen LogP contribution in [-0.2, 0) is 20.9 Å². The fourth-order valence-electron chi connectivity index (χ4n) is 2.05. The molecule has 25 heavy (non-hydrogen) atoms. The van der Waals surface area contributed by atoms with Gasteiger partial charge in [0.2, 0.25) is 0 Å². The lowest BCUT2D eigenvalue weighted by Crippen LogP contribution is -2.28. The molecule has 0 aromatic heterocycles. The highest BCUT2D eigenvalue weighted by Crippen LogP contribution is 2.16. The molecular formula is C19H18FNO4. The number of halogens is 1. The molecule has 5 nitrogen and oxygen atoms in total. The second-order valence-electron chi connectivity index (χ2n) is 5.08. The van der Waals surface area contributed by atoms with Gasteiger partial charge < -0.3 is 14.8 Å². The summed E-state index contributed by atoms with van der Waals surface area (Å²) in [5, 5.41) is 2.64. The number of benzene rings is 2. The van der Waals surface area contributed by atoms with Gasteiger partial charge in [0.1, 0.15) is 11.6 Å². The van der Waals surface area contributed by atoms with E-state index >= 15 is 0 Å². The zero-order chi connectivity index (χ0) is 18.1. The predicted octanol–water partition coefficient (Wildman–Crippen LogP) is 2.71. The lowest BCUT2D eigenvalue weighted by Gasteiger charge is -2.09. The number of esters is 1. The van der Waals surface area contributed by atoms with Crippen molar-refractivity contribution in [1.82, 2.24) is 5.32 Å². The molecule has 0 bridgehead atoms. The van der Waals surface area contributed by atoms with E-state index in [1.54, 1.807) is 19.2 Å². The fraction of sp³-hybridized carbons (Fsp3) is 0.158. The quantitative estimate of drug-likeness (QED) is 0.620. The largest absolute Gasteiger partial charge is 0.496 e. The lowest BCUT2D eigenvalue weighted by atomic mass is 10.2. The first-order chi connectivity index (χ1) is 12.1. The number of nitrogens with one attached hydrogen (secondary N) is 1. The van der Waals surface area contributed by atoms with Gasteiger partial charge >= 0.3 is 5.97 Å². The summed E-state index contributed by atoms with van der Waals surface area (Å²) in [6.07, 6.45) is 2.56. The topological polar surface area (TPSA) is 64.6 Å². The summed E-state index contributed by atoms with van der Waals surface area (Å²) in [4.78, 5) is 23.3. The van der Waals surface area contributed by atoms with Crippen LogP contribution in [0.4, 0.5) is 4.39 Å². The standard InChI is InChI=1S/C19H18FNO4/c1-24-17-8-3-2-6-15(17)12-21-18(22)13-25-19(23)10-9-14-5-4-7-16(20)11-14/h2-11H,12-13H2,1H3,(H,21,22). The van der Waals surface area contributed by atoms with E-state index in [1.165, 1.54) is 24.3 Å². The van der Waals surface area contributed by atoms with Crippen LogP contribution in [0.25, 0.3) is 6.08 Å². The minimum Gasteiger partial charge on any atom is -0.496 e. The van der Waals surface area contributed by atoms with E-state index in [0.29, 0.717) is 11.3 Å². The molecule has 0 fully saturated rings. The third kappa shape index (κ3) is 6.10. The minimum atomic E-state index is -0.684. The molecule has 6 heteroatoms. The molecule has 2 aromatic carbocycles. The first kappa shape index (κ1) is 18.2. The maximum atomic E-state index is 13.0. The second-order valence-corrected chi connectivity index (χ2v) is 5.08. The molecule has 0 saturated heterocycles. The summed E-state index contributed by atoms with van der Waals surface area (Å²) in [6.45, 7) is -0.138. The van der Waals surface area contributed by atoms with Crippen LogP contribution in [0.5, 0.6) is 5.75 Å². The molecule has 1 N–H and O–H groups in total. The SMILES string of the molecule is COc1ccccc1CNC(=O)COC(=O)C=Cc1cccc(F)c1. The van der Waals surface area contributed by atoms with E-state index in [1.807, 2.05) is 18.2 Å². The van der Waals surface area contributed by atoms with E-state index in [2.05, 4.69) is 5.32 Å². The zero-order valence-corrected chi connectivity index (χ0v) is 13.7. The Balaban J connectivity index is 1.76. The third-order valence-corrected chi connectivity index (χ3v) is 3.27. The van der Waals surface area contributed by atoms with Crippen LogP contribution >= 0.6 is 0 Å². The van der Waals surface area contributed by atoms with Crippen molar-refractivity contribution in [3.8, 4) is 5.75 Å². The van der Waals surface area contributed by atoms with Gasteiger partial charge in [-0.15, -0.1) is 0 Å². The van der Waals surface area contributed by atoms with Crippen molar-refractivity contribution in [1.29, 1.82) is 0 Å². The number of rotatable bonds is 7. The predicted molar refractivity (Wildman–Crippen MR) is 91.2 cm³/mol. The lowest BCUT2D eigenvalue weighted by molar-refractivity contribution is -0.143. The summed E-state index contributed by atoms with van der Waals surface area (Å²) >= 11 is 0. The van der Waals surface area contributed by atoms with E-state index in [9.17, 15) is 14.0 Å². The van der Waals surface area contributed by atoms with Crippen LogP contribution in [-0.4, -0.2) is 25.6 Å². The highest BCUT2D eigenvalue weighted by atomic mass is 19.1. The highest BCUT2D eigenvalue weighted by molar-refractivity contribution is 5.89. The average Bonchev–Trinajstić information content (AvgIpc) is 2.63. The molecule has 0 aliphatic carbocycles. The van der Waals surface area contributed by atoms with Gasteiger partial charge in [-0.3, -0.25) is 4.79 Å². The Morgan fingerprint density at radius 3 is 2.72 bits per heavy atom. The Labute approximate surface area is 145 Å². The summed E-state index contributed by atoms with van der Waals surface area (Å²) in [5.41, 5.74) is 1.34. The number of carbonyl (C=O) groups is 2. The number of para-hydroxylation sites is 1. The van der Waals surface area contributed by atoms with Crippen molar-refractivity contribution in [2.24, 2.45) is 0 Å². The van der Waals surface area contributed by atoms with Crippen molar-refractivity contribution in [2.75, 3.05) is 13.7 Å². The van der Waals surface area contributed by atoms with Gasteiger partial charge in [0.15, 0.2) is 6.61 Å². The van der Waals surface area contributed by atoms with Crippen molar-refractivity contribution in [2.45, 2.75) is 6.54 Å². The van der Waals surface area contributed by atoms with Crippen molar-refractivity contribution < 1.29 is 23.5 Å². The van der Waals surface area contributed by atoms with E-state index in [4.69, 9.17) is 9.47 Å². The van der Waals surface area contributed by atoms with Gasteiger partial charge in [0, 0.05) is 18.2 Å². The summed E-state index contributed by atoms with van der Waals surface area (Å²) in [5.74, 6) is -0.848. The van der Waals surface area contributed by atoms with Gasteiger partial charge in [-0.1, -0.05) is 30.3 Å². The molecule has 130 valence electrons. The first-order valence-corrected chi connectivity index (χ1v) is 7.57. The molecule has 0 radical (unpaired) electrons. The molecule has 2 rings (SSSR count). The third-order valence-electron chi connectivity index (χ3n) is 3.27. The minimum absolute atomic E-state index is 0.263. The van der Waals surface area contributed by atoms with E-state index in [0.717, 1.165) is 11.6 Å². The monoisotopic (exact) mass is 343 g/mol. The van der Waals surface area contributed by atoms with Crippen molar-refractivity contribution >= 4 is 18.0 Å². The van der Waals surface area contributed by atoms with Gasteiger partial charge in [0.05, 0.1) is 7.11 Å². The zero-order valence-electron chi connectivity index (χ0n) is 13.7. The number of carbonyl (C=O) groups excluding carboxylic acids is 2. The highest BCUT2D eigenvalue weighted by Gasteiger charge is 2.07. The number of hydrogen-bond acceptors (Lipinski definition) is 4. The number of hydrogen-bond donors (Lipinski definition) is 1. The molecule has 0 aliphatic heterocycles. The number of amides is 1. The molecular weight excluding hydrogens is 325 g/mol. The Kier molecular flexibility index (Phi) is 6.71. The Bertz CT molecular complexity index is 774. The Hall–Kier alpha value is -3.15. The van der Waals surface area contributed by atoms with Gasteiger partial charge in [-0.05, 0) is 29.8 Å². The van der Waals surface area contributed by atoms with Gasteiger partial charge in [0.25, 0.3) is 5.91 Å². The van der Waals surface area contributed by atoms with Crippen LogP contribution in [0.15, 0.2) is 54.6 Å². The van der Waals surface area contributed by atoms with Gasteiger partial charge in [-0.2, -0.15) is 0 Å². The smallest absolute Gasteiger partial charge is 0.331 e. The Morgan fingerprint density at radius 2 is 1.96 bits per heavy atom. The summed E-state index contributed by atoms with van der Waals surface area (Å²) in [7, 11) is 1.55. The maximum absolute atomic E-state index is 13.0. The molecule has 0 atom stereocenters. The van der Waals surface area contributed by atoms with Crippen molar-refractivity contribution in [3.63, 3.8) is 0 Å². The molecule has 1 amide bonds. The molecule has 0 unspecified atom stereocenters. The molecule has 0 aliphatic rings. The van der Waals surface area contributed by atoms with Gasteiger partial charge in [-0.25, -0.2) is 9.18 Å². The first-order valence-electron chi connectivity index (χ1n) is 7.57. The molecule has 2 aromatic rings. The number of ether oxygens (including phenoxy) is 2. The van der Waals surface area contributed by atoms with Crippen LogP contribution < -0.4 is 10.1 Å². The summed E-state index contributed by atoms with van der Waals surface area (Å²) in [6, 6.07) is 13.0. The normalized spacial score (nSPS) is 10.5. The summed E-state index contributed by atoms with van der Waals surface area (Å²) < 4.78 is 23.0. The van der Waals surface area contributed by atoms with E-state index in [-0.39, 0.29) is 6.54 Å². The maximum Gasteiger partial charge on any atom is 0.331 e. The average molecular weight is 343 g/mol. The van der Waals surface area contributed by atoms with Crippen LogP contribution in [0.2, 0.25) is 0 Å². The Morgan fingerprint density at radius 1 is 1.16 bits per heavy atom.